The fourth-order valence-electron chi connectivity index (χ4n) is 2.04. The molecule has 0 bridgehead atoms. The zero-order valence-electron chi connectivity index (χ0n) is 11.0. The van der Waals surface area contributed by atoms with Crippen molar-refractivity contribution in [3.05, 3.63) is 64.5 Å². The van der Waals surface area contributed by atoms with E-state index in [4.69, 9.17) is 5.26 Å². The number of halogens is 1. The normalized spacial score (nSPS) is 10.0. The van der Waals surface area contributed by atoms with Crippen LogP contribution in [-0.4, -0.2) is 0 Å². The van der Waals surface area contributed by atoms with Gasteiger partial charge in [0, 0.05) is 12.2 Å². The van der Waals surface area contributed by atoms with Crippen LogP contribution in [0, 0.1) is 31.0 Å². The smallest absolute Gasteiger partial charge is 0.141 e. The fraction of sp³-hybridized carbons (Fsp3) is 0.188. The number of nitrogens with zero attached hydrogens (tertiary/aromatic N) is 1. The highest BCUT2D eigenvalue weighted by Gasteiger charge is 2.04. The summed E-state index contributed by atoms with van der Waals surface area (Å²) in [6.07, 6.45) is 0. The van der Waals surface area contributed by atoms with Crippen LogP contribution in [0.5, 0.6) is 0 Å². The molecule has 0 aliphatic carbocycles. The summed E-state index contributed by atoms with van der Waals surface area (Å²) in [5, 5.41) is 12.0. The van der Waals surface area contributed by atoms with Gasteiger partial charge in [-0.3, -0.25) is 0 Å². The molecule has 2 nitrogen and oxygen atoms in total. The molecule has 19 heavy (non-hydrogen) atoms. The molecule has 0 fully saturated rings. The minimum absolute atomic E-state index is 0.0616. The third kappa shape index (κ3) is 2.92. The number of hydrogen-bond acceptors (Lipinski definition) is 2. The molecule has 0 radical (unpaired) electrons. The highest BCUT2D eigenvalue weighted by molar-refractivity contribution is 5.50. The Morgan fingerprint density at radius 3 is 2.47 bits per heavy atom. The lowest BCUT2D eigenvalue weighted by Crippen LogP contribution is -2.03. The highest BCUT2D eigenvalue weighted by atomic mass is 19.1. The van der Waals surface area contributed by atoms with Crippen LogP contribution in [0.3, 0.4) is 0 Å². The molecule has 0 unspecified atom stereocenters. The molecule has 0 saturated heterocycles. The molecule has 2 aromatic carbocycles. The van der Waals surface area contributed by atoms with E-state index in [0.29, 0.717) is 6.54 Å². The number of rotatable bonds is 3. The number of anilines is 1. The average molecular weight is 254 g/mol. The van der Waals surface area contributed by atoms with Crippen LogP contribution < -0.4 is 5.32 Å². The highest BCUT2D eigenvalue weighted by Crippen LogP contribution is 2.18. The molecule has 0 aliphatic rings. The Kier molecular flexibility index (Phi) is 3.82. The summed E-state index contributed by atoms with van der Waals surface area (Å²) < 4.78 is 13.2. The first-order chi connectivity index (χ1) is 9.11. The van der Waals surface area contributed by atoms with Gasteiger partial charge in [-0.2, -0.15) is 5.26 Å². The molecule has 2 aromatic rings. The van der Waals surface area contributed by atoms with Gasteiger partial charge in [-0.1, -0.05) is 18.2 Å². The summed E-state index contributed by atoms with van der Waals surface area (Å²) in [6.45, 7) is 4.79. The SMILES string of the molecule is Cc1cccc(C)c1CNc1ccc(F)c(C#N)c1. The first-order valence-corrected chi connectivity index (χ1v) is 6.10. The van der Waals surface area contributed by atoms with Crippen molar-refractivity contribution >= 4 is 5.69 Å². The quantitative estimate of drug-likeness (QED) is 0.900. The van der Waals surface area contributed by atoms with Crippen molar-refractivity contribution in [2.75, 3.05) is 5.32 Å². The maximum Gasteiger partial charge on any atom is 0.141 e. The Hall–Kier alpha value is -2.34. The standard InChI is InChI=1S/C16H15FN2/c1-11-4-3-5-12(2)15(11)10-19-14-6-7-16(17)13(8-14)9-18/h3-8,19H,10H2,1-2H3. The molecule has 2 rings (SSSR count). The van der Waals surface area contributed by atoms with Gasteiger partial charge in [0.25, 0.3) is 0 Å². The van der Waals surface area contributed by atoms with Gasteiger partial charge in [-0.15, -0.1) is 0 Å². The molecule has 1 N–H and O–H groups in total. The first-order valence-electron chi connectivity index (χ1n) is 6.10. The molecule has 0 aliphatic heterocycles. The molecule has 0 amide bonds. The predicted molar refractivity (Wildman–Crippen MR) is 74.4 cm³/mol. The van der Waals surface area contributed by atoms with Gasteiger partial charge in [0.05, 0.1) is 5.56 Å². The summed E-state index contributed by atoms with van der Waals surface area (Å²) >= 11 is 0. The van der Waals surface area contributed by atoms with Crippen molar-refractivity contribution in [2.45, 2.75) is 20.4 Å². The molecule has 0 heterocycles. The van der Waals surface area contributed by atoms with Crippen molar-refractivity contribution < 1.29 is 4.39 Å². The molecular formula is C16H15FN2. The molecule has 0 atom stereocenters. The van der Waals surface area contributed by atoms with Crippen molar-refractivity contribution in [2.24, 2.45) is 0 Å². The first kappa shape index (κ1) is 13.1. The Balaban J connectivity index is 2.17. The van der Waals surface area contributed by atoms with E-state index in [1.54, 1.807) is 6.07 Å². The van der Waals surface area contributed by atoms with Crippen LogP contribution in [-0.2, 0) is 6.54 Å². The third-order valence-corrected chi connectivity index (χ3v) is 3.20. The van der Waals surface area contributed by atoms with Crippen LogP contribution in [0.25, 0.3) is 0 Å². The van der Waals surface area contributed by atoms with Crippen LogP contribution in [0.1, 0.15) is 22.3 Å². The number of nitrogens with one attached hydrogen (secondary N) is 1. The third-order valence-electron chi connectivity index (χ3n) is 3.20. The second kappa shape index (κ2) is 5.53. The Morgan fingerprint density at radius 2 is 1.84 bits per heavy atom. The lowest BCUT2D eigenvalue weighted by Gasteiger charge is -2.12. The van der Waals surface area contributed by atoms with E-state index in [-0.39, 0.29) is 5.56 Å². The summed E-state index contributed by atoms with van der Waals surface area (Å²) in [5.74, 6) is -0.486. The van der Waals surface area contributed by atoms with E-state index in [9.17, 15) is 4.39 Å². The van der Waals surface area contributed by atoms with Crippen molar-refractivity contribution in [1.82, 2.24) is 0 Å². The Bertz CT molecular complexity index is 621. The van der Waals surface area contributed by atoms with Gasteiger partial charge in [0.2, 0.25) is 0 Å². The number of hydrogen-bond donors (Lipinski definition) is 1. The molecule has 0 saturated carbocycles. The molecule has 96 valence electrons. The second-order valence-electron chi connectivity index (χ2n) is 4.53. The largest absolute Gasteiger partial charge is 0.381 e. The summed E-state index contributed by atoms with van der Waals surface area (Å²) in [4.78, 5) is 0. The van der Waals surface area contributed by atoms with Crippen molar-refractivity contribution in [3.63, 3.8) is 0 Å². The average Bonchev–Trinajstić information content (AvgIpc) is 2.40. The van der Waals surface area contributed by atoms with Crippen molar-refractivity contribution in [1.29, 1.82) is 5.26 Å². The van der Waals surface area contributed by atoms with E-state index >= 15 is 0 Å². The Labute approximate surface area is 112 Å². The second-order valence-corrected chi connectivity index (χ2v) is 4.53. The van der Waals surface area contributed by atoms with Gasteiger partial charge in [-0.05, 0) is 48.7 Å². The lowest BCUT2D eigenvalue weighted by molar-refractivity contribution is 0.624. The van der Waals surface area contributed by atoms with Gasteiger partial charge in [0.1, 0.15) is 11.9 Å². The van der Waals surface area contributed by atoms with Crippen LogP contribution in [0.15, 0.2) is 36.4 Å². The van der Waals surface area contributed by atoms with E-state index in [0.717, 1.165) is 5.69 Å². The maximum absolute atomic E-state index is 13.2. The van der Waals surface area contributed by atoms with Gasteiger partial charge < -0.3 is 5.32 Å². The van der Waals surface area contributed by atoms with Gasteiger partial charge >= 0.3 is 0 Å². The predicted octanol–water partition coefficient (Wildman–Crippen LogP) is 3.93. The Morgan fingerprint density at radius 1 is 1.16 bits per heavy atom. The summed E-state index contributed by atoms with van der Waals surface area (Å²) in [5.41, 5.74) is 4.47. The minimum atomic E-state index is -0.486. The molecule has 0 spiro atoms. The van der Waals surface area contributed by atoms with Crippen LogP contribution in [0.4, 0.5) is 10.1 Å². The summed E-state index contributed by atoms with van der Waals surface area (Å²) in [6, 6.07) is 12.5. The van der Waals surface area contributed by atoms with Crippen LogP contribution in [0.2, 0.25) is 0 Å². The zero-order chi connectivity index (χ0) is 13.8. The van der Waals surface area contributed by atoms with E-state index in [1.165, 1.54) is 28.8 Å². The molecule has 0 aromatic heterocycles. The van der Waals surface area contributed by atoms with E-state index in [1.807, 2.05) is 12.1 Å². The minimum Gasteiger partial charge on any atom is -0.381 e. The lowest BCUT2D eigenvalue weighted by atomic mass is 10.0. The topological polar surface area (TPSA) is 35.8 Å². The van der Waals surface area contributed by atoms with E-state index < -0.39 is 5.82 Å². The number of nitriles is 1. The fourth-order valence-corrected chi connectivity index (χ4v) is 2.04. The number of aryl methyl sites for hydroxylation is 2. The van der Waals surface area contributed by atoms with Crippen molar-refractivity contribution in [3.8, 4) is 6.07 Å². The monoisotopic (exact) mass is 254 g/mol. The van der Waals surface area contributed by atoms with Gasteiger partial charge in [0.15, 0.2) is 0 Å². The van der Waals surface area contributed by atoms with E-state index in [2.05, 4.69) is 31.3 Å². The molecule has 3 heteroatoms. The van der Waals surface area contributed by atoms with Crippen LogP contribution >= 0.6 is 0 Å². The maximum atomic E-state index is 13.2. The zero-order valence-corrected chi connectivity index (χ0v) is 11.0. The summed E-state index contributed by atoms with van der Waals surface area (Å²) in [7, 11) is 0. The van der Waals surface area contributed by atoms with Gasteiger partial charge in [-0.25, -0.2) is 4.39 Å². The number of benzene rings is 2. The molecular weight excluding hydrogens is 239 g/mol.